The van der Waals surface area contributed by atoms with Crippen molar-refractivity contribution in [2.45, 2.75) is 12.8 Å². The highest BCUT2D eigenvalue weighted by molar-refractivity contribution is 5.15. The Kier molecular flexibility index (Phi) is 4.50. The Bertz CT molecular complexity index is 223. The van der Waals surface area contributed by atoms with Gasteiger partial charge in [0.1, 0.15) is 0 Å². The van der Waals surface area contributed by atoms with Gasteiger partial charge in [0.15, 0.2) is 0 Å². The third-order valence-corrected chi connectivity index (χ3v) is 2.24. The van der Waals surface area contributed by atoms with Gasteiger partial charge >= 0.3 is 0 Å². The summed E-state index contributed by atoms with van der Waals surface area (Å²) in [6.45, 7) is 0.879. The molecule has 13 heavy (non-hydrogen) atoms. The summed E-state index contributed by atoms with van der Waals surface area (Å²) in [5.74, 6) is 0.410. The van der Waals surface area contributed by atoms with Crippen LogP contribution in [0, 0.1) is 5.92 Å². The van der Waals surface area contributed by atoms with Crippen LogP contribution < -0.4 is 5.73 Å². The van der Waals surface area contributed by atoms with Gasteiger partial charge in [-0.3, -0.25) is 0 Å². The molecule has 0 radical (unpaired) electrons. The maximum absolute atomic E-state index is 8.79. The zero-order valence-corrected chi connectivity index (χ0v) is 7.82. The van der Waals surface area contributed by atoms with Crippen LogP contribution in [0.1, 0.15) is 12.0 Å². The standard InChI is InChI=1S/C11H17NO/c12-9-11(6-7-13)8-10-4-2-1-3-5-10/h1-5,11,13H,6-9,12H2/t11-/m1/s1. The molecule has 0 saturated carbocycles. The van der Waals surface area contributed by atoms with Crippen molar-refractivity contribution >= 4 is 0 Å². The molecular weight excluding hydrogens is 162 g/mol. The molecule has 3 N–H and O–H groups in total. The predicted octanol–water partition coefficient (Wildman–Crippen LogP) is 1.19. The molecule has 0 bridgehead atoms. The lowest BCUT2D eigenvalue weighted by molar-refractivity contribution is 0.258. The van der Waals surface area contributed by atoms with Crippen molar-refractivity contribution < 1.29 is 5.11 Å². The molecule has 0 aliphatic heterocycles. The molecule has 0 amide bonds. The van der Waals surface area contributed by atoms with E-state index in [0.717, 1.165) is 12.8 Å². The van der Waals surface area contributed by atoms with E-state index in [4.69, 9.17) is 10.8 Å². The van der Waals surface area contributed by atoms with Crippen molar-refractivity contribution in [2.24, 2.45) is 11.7 Å². The Morgan fingerprint density at radius 2 is 1.92 bits per heavy atom. The van der Waals surface area contributed by atoms with Crippen LogP contribution >= 0.6 is 0 Å². The van der Waals surface area contributed by atoms with Crippen molar-refractivity contribution in [1.82, 2.24) is 0 Å². The van der Waals surface area contributed by atoms with Crippen LogP contribution in [0.5, 0.6) is 0 Å². The largest absolute Gasteiger partial charge is 0.396 e. The Morgan fingerprint density at radius 3 is 2.46 bits per heavy atom. The number of nitrogens with two attached hydrogens (primary N) is 1. The molecule has 1 rings (SSSR count). The molecule has 0 aromatic heterocycles. The van der Waals surface area contributed by atoms with Crippen molar-refractivity contribution in [1.29, 1.82) is 0 Å². The van der Waals surface area contributed by atoms with Gasteiger partial charge in [0.2, 0.25) is 0 Å². The molecule has 2 heteroatoms. The molecule has 0 aliphatic carbocycles. The minimum atomic E-state index is 0.231. The minimum absolute atomic E-state index is 0.231. The number of hydrogen-bond donors (Lipinski definition) is 2. The summed E-state index contributed by atoms with van der Waals surface area (Å²) in [5, 5.41) is 8.79. The Balaban J connectivity index is 2.46. The lowest BCUT2D eigenvalue weighted by Gasteiger charge is -2.12. The molecule has 0 fully saturated rings. The van der Waals surface area contributed by atoms with Crippen LogP contribution in [0.25, 0.3) is 0 Å². The Hall–Kier alpha value is -0.860. The second-order valence-electron chi connectivity index (χ2n) is 3.30. The average molecular weight is 179 g/mol. The molecule has 2 nitrogen and oxygen atoms in total. The smallest absolute Gasteiger partial charge is 0.0434 e. The van der Waals surface area contributed by atoms with E-state index in [1.165, 1.54) is 5.56 Å². The van der Waals surface area contributed by atoms with Crippen LogP contribution in [-0.4, -0.2) is 18.3 Å². The molecular formula is C11H17NO. The first-order valence-electron chi connectivity index (χ1n) is 4.71. The van der Waals surface area contributed by atoms with E-state index in [1.54, 1.807) is 0 Å². The first-order valence-corrected chi connectivity index (χ1v) is 4.71. The summed E-state index contributed by atoms with van der Waals surface area (Å²) in [6, 6.07) is 10.3. The highest BCUT2D eigenvalue weighted by atomic mass is 16.3. The van der Waals surface area contributed by atoms with Crippen LogP contribution in [0.2, 0.25) is 0 Å². The van der Waals surface area contributed by atoms with Gasteiger partial charge in [-0.15, -0.1) is 0 Å². The van der Waals surface area contributed by atoms with Gasteiger partial charge in [-0.05, 0) is 30.9 Å². The van der Waals surface area contributed by atoms with Crippen molar-refractivity contribution in [3.05, 3.63) is 35.9 Å². The summed E-state index contributed by atoms with van der Waals surface area (Å²) < 4.78 is 0. The number of aliphatic hydroxyl groups excluding tert-OH is 1. The van der Waals surface area contributed by atoms with Gasteiger partial charge in [0, 0.05) is 6.61 Å². The second kappa shape index (κ2) is 5.73. The Labute approximate surface area is 79.4 Å². The van der Waals surface area contributed by atoms with Crippen LogP contribution in [0.3, 0.4) is 0 Å². The van der Waals surface area contributed by atoms with Crippen LogP contribution in [0.4, 0.5) is 0 Å². The van der Waals surface area contributed by atoms with E-state index in [-0.39, 0.29) is 6.61 Å². The monoisotopic (exact) mass is 179 g/mol. The highest BCUT2D eigenvalue weighted by Crippen LogP contribution is 2.10. The first-order chi connectivity index (χ1) is 6.36. The fourth-order valence-electron chi connectivity index (χ4n) is 1.43. The van der Waals surface area contributed by atoms with Gasteiger partial charge in [-0.25, -0.2) is 0 Å². The van der Waals surface area contributed by atoms with Crippen molar-refractivity contribution in [3.63, 3.8) is 0 Å². The van der Waals surface area contributed by atoms with Crippen molar-refractivity contribution in [2.75, 3.05) is 13.2 Å². The van der Waals surface area contributed by atoms with Gasteiger partial charge < -0.3 is 10.8 Å². The highest BCUT2D eigenvalue weighted by Gasteiger charge is 2.06. The zero-order valence-electron chi connectivity index (χ0n) is 7.82. The Morgan fingerprint density at radius 1 is 1.23 bits per heavy atom. The molecule has 1 aromatic carbocycles. The van der Waals surface area contributed by atoms with Gasteiger partial charge in [0.25, 0.3) is 0 Å². The summed E-state index contributed by atoms with van der Waals surface area (Å²) in [7, 11) is 0. The normalized spacial score (nSPS) is 12.8. The molecule has 0 heterocycles. The third kappa shape index (κ3) is 3.57. The lowest BCUT2D eigenvalue weighted by Crippen LogP contribution is -2.18. The first kappa shape index (κ1) is 10.2. The average Bonchev–Trinajstić information content (AvgIpc) is 2.19. The van der Waals surface area contributed by atoms with Crippen LogP contribution in [0.15, 0.2) is 30.3 Å². The predicted molar refractivity (Wildman–Crippen MR) is 54.4 cm³/mol. The van der Waals surface area contributed by atoms with E-state index in [2.05, 4.69) is 12.1 Å². The second-order valence-corrected chi connectivity index (χ2v) is 3.30. The molecule has 1 aromatic rings. The summed E-state index contributed by atoms with van der Waals surface area (Å²) in [4.78, 5) is 0. The summed E-state index contributed by atoms with van der Waals surface area (Å²) >= 11 is 0. The van der Waals surface area contributed by atoms with E-state index >= 15 is 0 Å². The number of benzene rings is 1. The number of hydrogen-bond acceptors (Lipinski definition) is 2. The quantitative estimate of drug-likeness (QED) is 0.713. The van der Waals surface area contributed by atoms with E-state index in [0.29, 0.717) is 12.5 Å². The summed E-state index contributed by atoms with van der Waals surface area (Å²) in [5.41, 5.74) is 6.89. The van der Waals surface area contributed by atoms with Gasteiger partial charge in [-0.2, -0.15) is 0 Å². The SMILES string of the molecule is NC[C@H](CCO)Cc1ccccc1. The molecule has 1 atom stereocenters. The lowest BCUT2D eigenvalue weighted by atomic mass is 9.97. The zero-order chi connectivity index (χ0) is 9.52. The topological polar surface area (TPSA) is 46.2 Å². The van der Waals surface area contributed by atoms with Gasteiger partial charge in [-0.1, -0.05) is 30.3 Å². The molecule has 72 valence electrons. The molecule has 0 aliphatic rings. The fourth-order valence-corrected chi connectivity index (χ4v) is 1.43. The minimum Gasteiger partial charge on any atom is -0.396 e. The maximum Gasteiger partial charge on any atom is 0.0434 e. The van der Waals surface area contributed by atoms with E-state index in [1.807, 2.05) is 18.2 Å². The van der Waals surface area contributed by atoms with Gasteiger partial charge in [0.05, 0.1) is 0 Å². The van der Waals surface area contributed by atoms with Crippen LogP contribution in [-0.2, 0) is 6.42 Å². The van der Waals surface area contributed by atoms with E-state index < -0.39 is 0 Å². The number of aliphatic hydroxyl groups is 1. The van der Waals surface area contributed by atoms with Crippen molar-refractivity contribution in [3.8, 4) is 0 Å². The third-order valence-electron chi connectivity index (χ3n) is 2.24. The number of rotatable bonds is 5. The van der Waals surface area contributed by atoms with E-state index in [9.17, 15) is 0 Å². The fraction of sp³-hybridized carbons (Fsp3) is 0.455. The molecule has 0 spiro atoms. The molecule has 0 unspecified atom stereocenters. The maximum atomic E-state index is 8.79. The molecule has 0 saturated heterocycles. The summed E-state index contributed by atoms with van der Waals surface area (Å²) in [6.07, 6.45) is 1.77.